The highest BCUT2D eigenvalue weighted by atomic mass is 32.2. The van der Waals surface area contributed by atoms with Gasteiger partial charge in [0.1, 0.15) is 11.4 Å². The van der Waals surface area contributed by atoms with Gasteiger partial charge in [-0.1, -0.05) is 18.2 Å². The minimum atomic E-state index is -3.84. The first-order chi connectivity index (χ1) is 13.2. The summed E-state index contributed by atoms with van der Waals surface area (Å²) < 4.78 is 32.4. The van der Waals surface area contributed by atoms with Crippen LogP contribution in [0, 0.1) is 10.1 Å². The highest BCUT2D eigenvalue weighted by Crippen LogP contribution is 2.29. The van der Waals surface area contributed by atoms with Gasteiger partial charge in [0.15, 0.2) is 0 Å². The highest BCUT2D eigenvalue weighted by molar-refractivity contribution is 7.89. The standard InChI is InChI=1S/C18H24N4O5S/c1-21(2)11-10-20-28(25,26)15-8-9-16(17(12-15)22(23)24)19-13-14-6-4-5-7-18(14)27-3/h4-9,12,19-20H,10-11,13H2,1-3H3. The van der Waals surface area contributed by atoms with Crippen LogP contribution in [0.15, 0.2) is 47.4 Å². The number of anilines is 1. The number of sulfonamides is 1. The van der Waals surface area contributed by atoms with Crippen LogP contribution >= 0.6 is 0 Å². The van der Waals surface area contributed by atoms with Gasteiger partial charge in [0, 0.05) is 31.3 Å². The summed E-state index contributed by atoms with van der Waals surface area (Å²) in [7, 11) is 1.35. The van der Waals surface area contributed by atoms with Crippen molar-refractivity contribution in [3.05, 3.63) is 58.1 Å². The van der Waals surface area contributed by atoms with Crippen LogP contribution < -0.4 is 14.8 Å². The van der Waals surface area contributed by atoms with E-state index < -0.39 is 14.9 Å². The van der Waals surface area contributed by atoms with Crippen molar-refractivity contribution in [2.24, 2.45) is 0 Å². The van der Waals surface area contributed by atoms with E-state index >= 15 is 0 Å². The van der Waals surface area contributed by atoms with E-state index in [1.54, 1.807) is 13.2 Å². The lowest BCUT2D eigenvalue weighted by Crippen LogP contribution is -2.31. The molecule has 0 amide bonds. The average Bonchev–Trinajstić information content (AvgIpc) is 2.65. The van der Waals surface area contributed by atoms with Crippen LogP contribution in [0.25, 0.3) is 0 Å². The first-order valence-corrected chi connectivity index (χ1v) is 10.0. The second-order valence-electron chi connectivity index (χ2n) is 6.30. The van der Waals surface area contributed by atoms with Crippen molar-refractivity contribution < 1.29 is 18.1 Å². The summed E-state index contributed by atoms with van der Waals surface area (Å²) in [5.74, 6) is 0.655. The molecule has 2 aromatic carbocycles. The number of nitro groups is 1. The SMILES string of the molecule is COc1ccccc1CNc1ccc(S(=O)(=O)NCCN(C)C)cc1[N+](=O)[O-]. The zero-order valence-electron chi connectivity index (χ0n) is 16.0. The molecule has 2 rings (SSSR count). The Morgan fingerprint density at radius 2 is 1.89 bits per heavy atom. The average molecular weight is 408 g/mol. The number of nitro benzene ring substituents is 1. The number of para-hydroxylation sites is 1. The van der Waals surface area contributed by atoms with Gasteiger partial charge in [-0.3, -0.25) is 10.1 Å². The highest BCUT2D eigenvalue weighted by Gasteiger charge is 2.21. The minimum Gasteiger partial charge on any atom is -0.496 e. The number of benzene rings is 2. The summed E-state index contributed by atoms with van der Waals surface area (Å²) in [5.41, 5.74) is 0.731. The van der Waals surface area contributed by atoms with Crippen molar-refractivity contribution in [1.29, 1.82) is 0 Å². The number of methoxy groups -OCH3 is 1. The summed E-state index contributed by atoms with van der Waals surface area (Å²) in [4.78, 5) is 12.5. The third-order valence-electron chi connectivity index (χ3n) is 3.99. The number of nitrogens with zero attached hydrogens (tertiary/aromatic N) is 2. The molecule has 0 atom stereocenters. The van der Waals surface area contributed by atoms with Gasteiger partial charge >= 0.3 is 0 Å². The molecule has 0 heterocycles. The molecule has 0 bridgehead atoms. The van der Waals surface area contributed by atoms with E-state index in [0.717, 1.165) is 11.6 Å². The van der Waals surface area contributed by atoms with Gasteiger partial charge in [-0.05, 0) is 32.3 Å². The molecule has 28 heavy (non-hydrogen) atoms. The molecule has 0 fully saturated rings. The van der Waals surface area contributed by atoms with E-state index in [1.807, 2.05) is 37.2 Å². The fourth-order valence-corrected chi connectivity index (χ4v) is 3.55. The third kappa shape index (κ3) is 5.65. The van der Waals surface area contributed by atoms with E-state index in [9.17, 15) is 18.5 Å². The number of likely N-dealkylation sites (N-methyl/N-ethyl adjacent to an activating group) is 1. The van der Waals surface area contributed by atoms with Gasteiger partial charge in [-0.25, -0.2) is 13.1 Å². The van der Waals surface area contributed by atoms with Crippen LogP contribution in [0.2, 0.25) is 0 Å². The van der Waals surface area contributed by atoms with Crippen LogP contribution in [-0.2, 0) is 16.6 Å². The molecule has 0 aliphatic carbocycles. The molecule has 0 spiro atoms. The zero-order chi connectivity index (χ0) is 20.7. The topological polar surface area (TPSA) is 114 Å². The number of hydrogen-bond donors (Lipinski definition) is 2. The van der Waals surface area contributed by atoms with Gasteiger partial charge in [0.05, 0.1) is 16.9 Å². The van der Waals surface area contributed by atoms with Crippen LogP contribution in [0.5, 0.6) is 5.75 Å². The Morgan fingerprint density at radius 1 is 1.18 bits per heavy atom. The van der Waals surface area contributed by atoms with Crippen LogP contribution in [0.3, 0.4) is 0 Å². The minimum absolute atomic E-state index is 0.152. The Bertz CT molecular complexity index is 931. The van der Waals surface area contributed by atoms with Crippen molar-refractivity contribution in [2.75, 3.05) is 39.6 Å². The monoisotopic (exact) mass is 408 g/mol. The summed E-state index contributed by atoms with van der Waals surface area (Å²) >= 11 is 0. The fourth-order valence-electron chi connectivity index (χ4n) is 2.51. The van der Waals surface area contributed by atoms with Gasteiger partial charge in [0.2, 0.25) is 10.0 Å². The first-order valence-electron chi connectivity index (χ1n) is 8.53. The van der Waals surface area contributed by atoms with Crippen LogP contribution in [0.4, 0.5) is 11.4 Å². The summed E-state index contributed by atoms with van der Waals surface area (Å²) in [6.07, 6.45) is 0. The van der Waals surface area contributed by atoms with E-state index in [4.69, 9.17) is 4.74 Å². The molecule has 2 N–H and O–H groups in total. The van der Waals surface area contributed by atoms with E-state index in [0.29, 0.717) is 12.3 Å². The lowest BCUT2D eigenvalue weighted by atomic mass is 10.2. The maximum absolute atomic E-state index is 12.4. The molecule has 152 valence electrons. The van der Waals surface area contributed by atoms with Crippen molar-refractivity contribution in [1.82, 2.24) is 9.62 Å². The summed E-state index contributed by atoms with van der Waals surface area (Å²) in [6, 6.07) is 11.1. The smallest absolute Gasteiger partial charge is 0.293 e. The fraction of sp³-hybridized carbons (Fsp3) is 0.333. The van der Waals surface area contributed by atoms with E-state index in [2.05, 4.69) is 10.0 Å². The molecule has 0 unspecified atom stereocenters. The quantitative estimate of drug-likeness (QED) is 0.457. The van der Waals surface area contributed by atoms with Crippen molar-refractivity contribution in [3.63, 3.8) is 0 Å². The largest absolute Gasteiger partial charge is 0.496 e. The lowest BCUT2D eigenvalue weighted by Gasteiger charge is -2.13. The number of ether oxygens (including phenoxy) is 1. The maximum atomic E-state index is 12.4. The molecule has 2 aromatic rings. The predicted octanol–water partition coefficient (Wildman–Crippen LogP) is 2.06. The first kappa shape index (κ1) is 21.6. The molecule has 0 aliphatic rings. The Labute approximate surface area is 164 Å². The Kier molecular flexibility index (Phi) is 7.32. The lowest BCUT2D eigenvalue weighted by molar-refractivity contribution is -0.384. The Balaban J connectivity index is 2.22. The van der Waals surface area contributed by atoms with E-state index in [-0.39, 0.29) is 29.4 Å². The zero-order valence-corrected chi connectivity index (χ0v) is 16.8. The molecule has 0 aliphatic heterocycles. The van der Waals surface area contributed by atoms with Crippen LogP contribution in [-0.4, -0.2) is 52.5 Å². The second kappa shape index (κ2) is 9.49. The van der Waals surface area contributed by atoms with Gasteiger partial charge in [-0.2, -0.15) is 0 Å². The van der Waals surface area contributed by atoms with Crippen molar-refractivity contribution >= 4 is 21.4 Å². The second-order valence-corrected chi connectivity index (χ2v) is 8.07. The molecule has 0 saturated carbocycles. The van der Waals surface area contributed by atoms with Crippen molar-refractivity contribution in [2.45, 2.75) is 11.4 Å². The molecule has 0 aromatic heterocycles. The Hall–Kier alpha value is -2.69. The number of nitrogens with one attached hydrogen (secondary N) is 2. The van der Waals surface area contributed by atoms with E-state index in [1.165, 1.54) is 12.1 Å². The predicted molar refractivity (Wildman–Crippen MR) is 107 cm³/mol. The molecule has 0 saturated heterocycles. The van der Waals surface area contributed by atoms with Crippen LogP contribution in [0.1, 0.15) is 5.56 Å². The normalized spacial score (nSPS) is 11.4. The summed E-state index contributed by atoms with van der Waals surface area (Å²) in [6.45, 7) is 1.01. The van der Waals surface area contributed by atoms with Gasteiger partial charge in [-0.15, -0.1) is 0 Å². The molecular formula is C18H24N4O5S. The number of rotatable bonds is 10. The van der Waals surface area contributed by atoms with Gasteiger partial charge in [0.25, 0.3) is 5.69 Å². The van der Waals surface area contributed by atoms with Crippen molar-refractivity contribution in [3.8, 4) is 5.75 Å². The molecule has 9 nitrogen and oxygen atoms in total. The number of hydrogen-bond acceptors (Lipinski definition) is 7. The summed E-state index contributed by atoms with van der Waals surface area (Å²) in [5, 5.41) is 14.4. The molecular weight excluding hydrogens is 384 g/mol. The third-order valence-corrected chi connectivity index (χ3v) is 5.45. The maximum Gasteiger partial charge on any atom is 0.293 e. The molecule has 0 radical (unpaired) electrons. The van der Waals surface area contributed by atoms with Gasteiger partial charge < -0.3 is 15.0 Å². The molecule has 10 heteroatoms. The Morgan fingerprint density at radius 3 is 2.54 bits per heavy atom.